The minimum absolute atomic E-state index is 0.448. The van der Waals surface area contributed by atoms with E-state index < -0.39 is 0 Å². The summed E-state index contributed by atoms with van der Waals surface area (Å²) in [6.45, 7) is 3.17. The molecule has 14 heavy (non-hydrogen) atoms. The topological polar surface area (TPSA) is 12.0 Å². The van der Waals surface area contributed by atoms with Gasteiger partial charge in [0.2, 0.25) is 0 Å². The van der Waals surface area contributed by atoms with Crippen LogP contribution in [0.3, 0.4) is 0 Å². The molecule has 1 N–H and O–H groups in total. The van der Waals surface area contributed by atoms with Crippen LogP contribution < -0.4 is 5.32 Å². The standard InChI is InChI=1S/C11H13NS2/c1-9(10-4-6-13-8-10)12-7-11-3-2-5-14-11/h2-6,8-9,12H,7H2,1H3. The highest BCUT2D eigenvalue weighted by Crippen LogP contribution is 2.17. The number of nitrogens with one attached hydrogen (secondary N) is 1. The molecule has 74 valence electrons. The Kier molecular flexibility index (Phi) is 3.35. The predicted molar refractivity (Wildman–Crippen MR) is 63.9 cm³/mol. The molecule has 0 amide bonds. The smallest absolute Gasteiger partial charge is 0.0305 e. The van der Waals surface area contributed by atoms with E-state index in [1.165, 1.54) is 10.4 Å². The fraction of sp³-hybridized carbons (Fsp3) is 0.273. The second-order valence-corrected chi connectivity index (χ2v) is 5.05. The van der Waals surface area contributed by atoms with Gasteiger partial charge < -0.3 is 5.32 Å². The van der Waals surface area contributed by atoms with Gasteiger partial charge >= 0.3 is 0 Å². The maximum atomic E-state index is 3.50. The van der Waals surface area contributed by atoms with Gasteiger partial charge in [-0.2, -0.15) is 11.3 Å². The molecule has 2 heterocycles. The van der Waals surface area contributed by atoms with Gasteiger partial charge in [-0.1, -0.05) is 6.07 Å². The van der Waals surface area contributed by atoms with E-state index in [1.807, 2.05) is 0 Å². The summed E-state index contributed by atoms with van der Waals surface area (Å²) < 4.78 is 0. The highest BCUT2D eigenvalue weighted by molar-refractivity contribution is 7.09. The summed E-state index contributed by atoms with van der Waals surface area (Å²) in [5.41, 5.74) is 1.38. The van der Waals surface area contributed by atoms with Crippen molar-refractivity contribution in [1.82, 2.24) is 5.32 Å². The van der Waals surface area contributed by atoms with Crippen LogP contribution in [0.25, 0.3) is 0 Å². The molecular formula is C11H13NS2. The highest BCUT2D eigenvalue weighted by Gasteiger charge is 2.04. The van der Waals surface area contributed by atoms with Crippen LogP contribution >= 0.6 is 22.7 Å². The van der Waals surface area contributed by atoms with Crippen molar-refractivity contribution in [3.8, 4) is 0 Å². The Morgan fingerprint density at radius 1 is 1.36 bits per heavy atom. The Morgan fingerprint density at radius 3 is 2.93 bits per heavy atom. The lowest BCUT2D eigenvalue weighted by molar-refractivity contribution is 0.580. The Balaban J connectivity index is 1.87. The van der Waals surface area contributed by atoms with Crippen molar-refractivity contribution < 1.29 is 0 Å². The number of hydrogen-bond donors (Lipinski definition) is 1. The molecular weight excluding hydrogens is 210 g/mol. The Morgan fingerprint density at radius 2 is 2.29 bits per heavy atom. The zero-order valence-electron chi connectivity index (χ0n) is 8.07. The maximum absolute atomic E-state index is 3.50. The van der Waals surface area contributed by atoms with Crippen LogP contribution in [-0.2, 0) is 6.54 Å². The van der Waals surface area contributed by atoms with Crippen molar-refractivity contribution in [2.45, 2.75) is 19.5 Å². The van der Waals surface area contributed by atoms with E-state index in [1.54, 1.807) is 22.7 Å². The minimum Gasteiger partial charge on any atom is -0.305 e. The number of hydrogen-bond acceptors (Lipinski definition) is 3. The zero-order valence-corrected chi connectivity index (χ0v) is 9.70. The highest BCUT2D eigenvalue weighted by atomic mass is 32.1. The third-order valence-electron chi connectivity index (χ3n) is 2.21. The summed E-state index contributed by atoms with van der Waals surface area (Å²) in [6.07, 6.45) is 0. The number of rotatable bonds is 4. The molecule has 2 aromatic heterocycles. The summed E-state index contributed by atoms with van der Waals surface area (Å²) in [4.78, 5) is 1.40. The van der Waals surface area contributed by atoms with Crippen LogP contribution in [0.2, 0.25) is 0 Å². The van der Waals surface area contributed by atoms with E-state index in [-0.39, 0.29) is 0 Å². The van der Waals surface area contributed by atoms with E-state index in [0.29, 0.717) is 6.04 Å². The predicted octanol–water partition coefficient (Wildman–Crippen LogP) is 3.66. The van der Waals surface area contributed by atoms with Crippen molar-refractivity contribution >= 4 is 22.7 Å². The molecule has 1 unspecified atom stereocenters. The van der Waals surface area contributed by atoms with Gasteiger partial charge in [-0.15, -0.1) is 11.3 Å². The summed E-state index contributed by atoms with van der Waals surface area (Å²) in [7, 11) is 0. The summed E-state index contributed by atoms with van der Waals surface area (Å²) in [5, 5.41) is 9.95. The molecule has 3 heteroatoms. The minimum atomic E-state index is 0.448. The lowest BCUT2D eigenvalue weighted by Gasteiger charge is -2.10. The lowest BCUT2D eigenvalue weighted by Crippen LogP contribution is -2.16. The Bertz CT molecular complexity index is 351. The van der Waals surface area contributed by atoms with Gasteiger partial charge in [0.1, 0.15) is 0 Å². The molecule has 0 bridgehead atoms. The first-order valence-electron chi connectivity index (χ1n) is 4.64. The zero-order chi connectivity index (χ0) is 9.80. The average molecular weight is 223 g/mol. The molecule has 0 aliphatic rings. The monoisotopic (exact) mass is 223 g/mol. The van der Waals surface area contributed by atoms with Gasteiger partial charge in [-0.05, 0) is 40.8 Å². The Hall–Kier alpha value is -0.640. The third kappa shape index (κ3) is 2.44. The molecule has 0 saturated heterocycles. The Labute approximate surface area is 92.4 Å². The molecule has 0 spiro atoms. The number of thiophene rings is 2. The largest absolute Gasteiger partial charge is 0.305 e. The van der Waals surface area contributed by atoms with E-state index in [2.05, 4.69) is 46.6 Å². The summed E-state index contributed by atoms with van der Waals surface area (Å²) in [6, 6.07) is 6.88. The van der Waals surface area contributed by atoms with E-state index >= 15 is 0 Å². The average Bonchev–Trinajstić information content (AvgIpc) is 2.87. The second kappa shape index (κ2) is 4.73. The molecule has 0 saturated carbocycles. The molecule has 0 aliphatic carbocycles. The van der Waals surface area contributed by atoms with E-state index in [0.717, 1.165) is 6.54 Å². The lowest BCUT2D eigenvalue weighted by atomic mass is 10.2. The molecule has 0 fully saturated rings. The molecule has 1 atom stereocenters. The SMILES string of the molecule is CC(NCc1cccs1)c1ccsc1. The van der Waals surface area contributed by atoms with Gasteiger partial charge in [0.15, 0.2) is 0 Å². The van der Waals surface area contributed by atoms with Gasteiger partial charge in [-0.25, -0.2) is 0 Å². The molecule has 1 nitrogen and oxygen atoms in total. The van der Waals surface area contributed by atoms with Crippen molar-refractivity contribution in [2.75, 3.05) is 0 Å². The molecule has 0 aromatic carbocycles. The van der Waals surface area contributed by atoms with Crippen LogP contribution in [0.15, 0.2) is 34.3 Å². The van der Waals surface area contributed by atoms with E-state index in [4.69, 9.17) is 0 Å². The fourth-order valence-electron chi connectivity index (χ4n) is 1.31. The first-order valence-corrected chi connectivity index (χ1v) is 6.46. The maximum Gasteiger partial charge on any atom is 0.0305 e. The van der Waals surface area contributed by atoms with Crippen LogP contribution in [0.4, 0.5) is 0 Å². The fourth-order valence-corrected chi connectivity index (χ4v) is 2.72. The van der Waals surface area contributed by atoms with Gasteiger partial charge in [0.05, 0.1) is 0 Å². The van der Waals surface area contributed by atoms with Crippen molar-refractivity contribution in [3.05, 3.63) is 44.8 Å². The van der Waals surface area contributed by atoms with Crippen molar-refractivity contribution in [2.24, 2.45) is 0 Å². The normalized spacial score (nSPS) is 12.9. The van der Waals surface area contributed by atoms with Crippen molar-refractivity contribution in [1.29, 1.82) is 0 Å². The van der Waals surface area contributed by atoms with Crippen LogP contribution in [0.5, 0.6) is 0 Å². The van der Waals surface area contributed by atoms with E-state index in [9.17, 15) is 0 Å². The summed E-state index contributed by atoms with van der Waals surface area (Å²) in [5.74, 6) is 0. The quantitative estimate of drug-likeness (QED) is 0.834. The first kappa shape index (κ1) is 9.90. The third-order valence-corrected chi connectivity index (χ3v) is 3.78. The van der Waals surface area contributed by atoms with Gasteiger partial charge in [0, 0.05) is 17.5 Å². The summed E-state index contributed by atoms with van der Waals surface area (Å²) >= 11 is 3.56. The van der Waals surface area contributed by atoms with Crippen LogP contribution in [-0.4, -0.2) is 0 Å². The van der Waals surface area contributed by atoms with Gasteiger partial charge in [-0.3, -0.25) is 0 Å². The van der Waals surface area contributed by atoms with Crippen LogP contribution in [0, 0.1) is 0 Å². The molecule has 0 aliphatic heterocycles. The second-order valence-electron chi connectivity index (χ2n) is 3.24. The van der Waals surface area contributed by atoms with Crippen LogP contribution in [0.1, 0.15) is 23.4 Å². The molecule has 2 aromatic rings. The first-order chi connectivity index (χ1) is 6.86. The van der Waals surface area contributed by atoms with Gasteiger partial charge in [0.25, 0.3) is 0 Å². The van der Waals surface area contributed by atoms with Crippen molar-refractivity contribution in [3.63, 3.8) is 0 Å². The molecule has 0 radical (unpaired) electrons. The molecule has 2 rings (SSSR count).